The van der Waals surface area contributed by atoms with E-state index in [0.717, 1.165) is 0 Å². The van der Waals surface area contributed by atoms with Crippen LogP contribution in [-0.2, 0) is 0 Å². The van der Waals surface area contributed by atoms with Gasteiger partial charge in [0.15, 0.2) is 0 Å². The Balaban J connectivity index is 2.29. The number of anilines is 1. The van der Waals surface area contributed by atoms with Crippen molar-refractivity contribution < 1.29 is 5.11 Å². The number of nitrogens with one attached hydrogen (secondary N) is 1. The molecule has 0 fully saturated rings. The number of halogens is 1. The van der Waals surface area contributed by atoms with Crippen LogP contribution in [0.25, 0.3) is 5.95 Å². The Morgan fingerprint density at radius 2 is 2.25 bits per heavy atom. The Morgan fingerprint density at radius 3 is 2.94 bits per heavy atom. The van der Waals surface area contributed by atoms with Crippen molar-refractivity contribution in [1.82, 2.24) is 24.7 Å². The first-order valence-electron chi connectivity index (χ1n) is 4.56. The van der Waals surface area contributed by atoms with Crippen LogP contribution in [0, 0.1) is 0 Å². The van der Waals surface area contributed by atoms with Gasteiger partial charge in [0.1, 0.15) is 0 Å². The lowest BCUT2D eigenvalue weighted by molar-refractivity contribution is 0.310. The van der Waals surface area contributed by atoms with Crippen LogP contribution in [0.3, 0.4) is 0 Å². The zero-order valence-electron chi connectivity index (χ0n) is 8.21. The SMILES string of the molecule is OCCNc1nc(Cl)nc(-n2cccn2)n1. The highest BCUT2D eigenvalue weighted by Gasteiger charge is 2.06. The monoisotopic (exact) mass is 240 g/mol. The van der Waals surface area contributed by atoms with Gasteiger partial charge in [0.25, 0.3) is 5.95 Å². The van der Waals surface area contributed by atoms with Gasteiger partial charge < -0.3 is 10.4 Å². The number of hydrogen-bond acceptors (Lipinski definition) is 6. The smallest absolute Gasteiger partial charge is 0.256 e. The van der Waals surface area contributed by atoms with Crippen molar-refractivity contribution in [2.24, 2.45) is 0 Å². The van der Waals surface area contributed by atoms with Crippen LogP contribution in [0.15, 0.2) is 18.5 Å². The molecular weight excluding hydrogens is 232 g/mol. The molecule has 2 rings (SSSR count). The Bertz CT molecular complexity index is 460. The number of hydrogen-bond donors (Lipinski definition) is 2. The average Bonchev–Trinajstić information content (AvgIpc) is 2.79. The number of aliphatic hydroxyl groups excluding tert-OH is 1. The fraction of sp³-hybridized carbons (Fsp3) is 0.250. The number of rotatable bonds is 4. The van der Waals surface area contributed by atoms with Gasteiger partial charge in [-0.15, -0.1) is 0 Å². The summed E-state index contributed by atoms with van der Waals surface area (Å²) < 4.78 is 1.47. The lowest BCUT2D eigenvalue weighted by atomic mass is 10.7. The zero-order chi connectivity index (χ0) is 11.4. The molecule has 0 unspecified atom stereocenters. The molecular formula is C8H9ClN6O. The molecule has 2 aromatic rings. The summed E-state index contributed by atoms with van der Waals surface area (Å²) in [7, 11) is 0. The number of aliphatic hydroxyl groups is 1. The summed E-state index contributed by atoms with van der Waals surface area (Å²) in [6.45, 7) is 0.333. The highest BCUT2D eigenvalue weighted by Crippen LogP contribution is 2.08. The molecule has 0 amide bonds. The summed E-state index contributed by atoms with van der Waals surface area (Å²) in [6, 6.07) is 1.75. The Labute approximate surface area is 96.1 Å². The van der Waals surface area contributed by atoms with Gasteiger partial charge in [-0.1, -0.05) is 0 Å². The van der Waals surface area contributed by atoms with E-state index in [9.17, 15) is 0 Å². The molecule has 0 saturated heterocycles. The molecule has 0 bridgehead atoms. The predicted molar refractivity (Wildman–Crippen MR) is 57.5 cm³/mol. The van der Waals surface area contributed by atoms with Crippen LogP contribution in [0.2, 0.25) is 5.28 Å². The second-order valence-corrected chi connectivity index (χ2v) is 3.17. The third-order valence-electron chi connectivity index (χ3n) is 1.70. The molecule has 0 saturated carbocycles. The second-order valence-electron chi connectivity index (χ2n) is 2.83. The van der Waals surface area contributed by atoms with Gasteiger partial charge in [0.2, 0.25) is 11.2 Å². The Kier molecular flexibility index (Phi) is 3.28. The van der Waals surface area contributed by atoms with Crippen LogP contribution in [0.1, 0.15) is 0 Å². The van der Waals surface area contributed by atoms with Gasteiger partial charge in [-0.3, -0.25) is 0 Å². The van der Waals surface area contributed by atoms with Crippen molar-refractivity contribution in [2.45, 2.75) is 0 Å². The summed E-state index contributed by atoms with van der Waals surface area (Å²) in [4.78, 5) is 11.9. The third-order valence-corrected chi connectivity index (χ3v) is 1.87. The van der Waals surface area contributed by atoms with E-state index < -0.39 is 0 Å². The average molecular weight is 241 g/mol. The van der Waals surface area contributed by atoms with Crippen LogP contribution in [0.5, 0.6) is 0 Å². The summed E-state index contributed by atoms with van der Waals surface area (Å²) in [5.41, 5.74) is 0. The maximum Gasteiger partial charge on any atom is 0.256 e. The molecule has 0 aliphatic heterocycles. The van der Waals surface area contributed by atoms with Crippen LogP contribution in [-0.4, -0.2) is 43.0 Å². The van der Waals surface area contributed by atoms with E-state index in [-0.39, 0.29) is 11.9 Å². The number of nitrogens with zero attached hydrogens (tertiary/aromatic N) is 5. The minimum atomic E-state index is -0.0135. The van der Waals surface area contributed by atoms with E-state index in [0.29, 0.717) is 18.4 Å². The topological polar surface area (TPSA) is 88.8 Å². The minimum absolute atomic E-state index is 0.0135. The van der Waals surface area contributed by atoms with Gasteiger partial charge in [0.05, 0.1) is 6.61 Å². The summed E-state index contributed by atoms with van der Waals surface area (Å²) in [5.74, 6) is 0.630. The molecule has 2 heterocycles. The van der Waals surface area contributed by atoms with Crippen molar-refractivity contribution in [3.8, 4) is 5.95 Å². The first-order valence-corrected chi connectivity index (χ1v) is 4.94. The minimum Gasteiger partial charge on any atom is -0.395 e. The zero-order valence-corrected chi connectivity index (χ0v) is 8.96. The van der Waals surface area contributed by atoms with Crippen LogP contribution in [0.4, 0.5) is 5.95 Å². The third kappa shape index (κ3) is 2.44. The van der Waals surface area contributed by atoms with Crippen LogP contribution < -0.4 is 5.32 Å². The van der Waals surface area contributed by atoms with Crippen molar-refractivity contribution in [1.29, 1.82) is 0 Å². The fourth-order valence-corrected chi connectivity index (χ4v) is 1.23. The standard InChI is InChI=1S/C8H9ClN6O/c9-6-12-7(10-3-5-16)14-8(13-6)15-4-1-2-11-15/h1-2,4,16H,3,5H2,(H,10,12,13,14). The quantitative estimate of drug-likeness (QED) is 0.789. The summed E-state index contributed by atoms with van der Waals surface area (Å²) >= 11 is 5.74. The van der Waals surface area contributed by atoms with Gasteiger partial charge in [-0.05, 0) is 17.7 Å². The lowest BCUT2D eigenvalue weighted by Crippen LogP contribution is -2.12. The van der Waals surface area contributed by atoms with Crippen molar-refractivity contribution in [3.05, 3.63) is 23.7 Å². The highest BCUT2D eigenvalue weighted by atomic mass is 35.5. The fourth-order valence-electron chi connectivity index (χ4n) is 1.08. The molecule has 2 N–H and O–H groups in total. The summed E-state index contributed by atoms with van der Waals surface area (Å²) in [5, 5.41) is 15.5. The van der Waals surface area contributed by atoms with Gasteiger partial charge in [-0.25, -0.2) is 4.68 Å². The molecule has 0 aliphatic rings. The molecule has 0 atom stereocenters. The largest absolute Gasteiger partial charge is 0.395 e. The van der Waals surface area contributed by atoms with Crippen molar-refractivity contribution >= 4 is 17.5 Å². The molecule has 16 heavy (non-hydrogen) atoms. The maximum absolute atomic E-state index is 8.67. The lowest BCUT2D eigenvalue weighted by Gasteiger charge is -2.04. The molecule has 2 aromatic heterocycles. The molecule has 0 aliphatic carbocycles. The molecule has 0 aromatic carbocycles. The van der Waals surface area contributed by atoms with E-state index in [4.69, 9.17) is 16.7 Å². The van der Waals surface area contributed by atoms with Crippen molar-refractivity contribution in [2.75, 3.05) is 18.5 Å². The van der Waals surface area contributed by atoms with Gasteiger partial charge in [0, 0.05) is 18.9 Å². The van der Waals surface area contributed by atoms with E-state index >= 15 is 0 Å². The molecule has 84 valence electrons. The van der Waals surface area contributed by atoms with Crippen molar-refractivity contribution in [3.63, 3.8) is 0 Å². The van der Waals surface area contributed by atoms with E-state index in [1.165, 1.54) is 4.68 Å². The molecule has 0 spiro atoms. The van der Waals surface area contributed by atoms with E-state index in [1.807, 2.05) is 0 Å². The first-order chi connectivity index (χ1) is 7.79. The van der Waals surface area contributed by atoms with E-state index in [1.54, 1.807) is 18.5 Å². The Hall–Kier alpha value is -1.73. The molecule has 0 radical (unpaired) electrons. The summed E-state index contributed by atoms with van der Waals surface area (Å²) in [6.07, 6.45) is 3.31. The van der Waals surface area contributed by atoms with Gasteiger partial charge >= 0.3 is 0 Å². The highest BCUT2D eigenvalue weighted by molar-refractivity contribution is 6.28. The normalized spacial score (nSPS) is 10.4. The number of aromatic nitrogens is 5. The van der Waals surface area contributed by atoms with Crippen LogP contribution >= 0.6 is 11.6 Å². The van der Waals surface area contributed by atoms with Gasteiger partial charge in [-0.2, -0.15) is 20.1 Å². The second kappa shape index (κ2) is 4.86. The molecule has 8 heteroatoms. The molecule has 7 nitrogen and oxygen atoms in total. The first kappa shape index (κ1) is 10.8. The predicted octanol–water partition coefficient (Wildman–Crippen LogP) is 0.115. The maximum atomic E-state index is 8.67. The Morgan fingerprint density at radius 1 is 1.38 bits per heavy atom. The van der Waals surface area contributed by atoms with E-state index in [2.05, 4.69) is 25.4 Å².